The summed E-state index contributed by atoms with van der Waals surface area (Å²) in [5.74, 6) is 1.11. The van der Waals surface area contributed by atoms with Crippen molar-refractivity contribution in [2.75, 3.05) is 18.2 Å². The van der Waals surface area contributed by atoms with Gasteiger partial charge >= 0.3 is 5.97 Å². The summed E-state index contributed by atoms with van der Waals surface area (Å²) in [5.41, 5.74) is 0.931. The van der Waals surface area contributed by atoms with Gasteiger partial charge < -0.3 is 9.84 Å². The standard InChI is InChI=1S/C11H13ClO3S/c1-8-6-9(16-5-4-12)2-3-10(8)15-7-11(13)14/h2-3,6H,4-5,7H2,1H3,(H,13,14). The predicted octanol–water partition coefficient (Wildman–Crippen LogP) is 2.79. The average Bonchev–Trinajstić information content (AvgIpc) is 2.24. The molecule has 0 saturated carbocycles. The summed E-state index contributed by atoms with van der Waals surface area (Å²) in [6.07, 6.45) is 0. The number of hydrogen-bond donors (Lipinski definition) is 1. The molecule has 0 spiro atoms. The number of benzene rings is 1. The lowest BCUT2D eigenvalue weighted by Gasteiger charge is -2.08. The number of carboxylic acid groups (broad SMARTS) is 1. The van der Waals surface area contributed by atoms with Crippen LogP contribution in [0.1, 0.15) is 5.56 Å². The van der Waals surface area contributed by atoms with Gasteiger partial charge in [0.2, 0.25) is 0 Å². The van der Waals surface area contributed by atoms with Crippen LogP contribution in [0.25, 0.3) is 0 Å². The topological polar surface area (TPSA) is 46.5 Å². The maximum atomic E-state index is 10.3. The van der Waals surface area contributed by atoms with Crippen LogP contribution < -0.4 is 4.74 Å². The fourth-order valence-electron chi connectivity index (χ4n) is 1.17. The first-order valence-corrected chi connectivity index (χ1v) is 6.29. The molecule has 3 nitrogen and oxygen atoms in total. The van der Waals surface area contributed by atoms with Crippen molar-refractivity contribution in [3.05, 3.63) is 23.8 Å². The fraction of sp³-hybridized carbons (Fsp3) is 0.364. The van der Waals surface area contributed by atoms with Gasteiger partial charge in [-0.05, 0) is 30.7 Å². The van der Waals surface area contributed by atoms with Crippen molar-refractivity contribution in [3.63, 3.8) is 0 Å². The SMILES string of the molecule is Cc1cc(SCCCl)ccc1OCC(=O)O. The van der Waals surface area contributed by atoms with Crippen LogP contribution in [0.4, 0.5) is 0 Å². The van der Waals surface area contributed by atoms with E-state index in [1.165, 1.54) is 0 Å². The van der Waals surface area contributed by atoms with Crippen LogP contribution in [-0.2, 0) is 4.79 Å². The summed E-state index contributed by atoms with van der Waals surface area (Å²) in [6.45, 7) is 1.58. The molecule has 1 rings (SSSR count). The Labute approximate surface area is 104 Å². The van der Waals surface area contributed by atoms with E-state index in [-0.39, 0.29) is 6.61 Å². The summed E-state index contributed by atoms with van der Waals surface area (Å²) in [6, 6.07) is 5.66. The highest BCUT2D eigenvalue weighted by molar-refractivity contribution is 7.99. The van der Waals surface area contributed by atoms with Gasteiger partial charge in [0.15, 0.2) is 6.61 Å². The monoisotopic (exact) mass is 260 g/mol. The van der Waals surface area contributed by atoms with Crippen molar-refractivity contribution in [1.29, 1.82) is 0 Å². The molecule has 0 amide bonds. The van der Waals surface area contributed by atoms with Crippen LogP contribution >= 0.6 is 23.4 Å². The van der Waals surface area contributed by atoms with E-state index in [4.69, 9.17) is 21.4 Å². The van der Waals surface area contributed by atoms with Crippen LogP contribution in [0.5, 0.6) is 5.75 Å². The number of aryl methyl sites for hydroxylation is 1. The second-order valence-electron chi connectivity index (χ2n) is 3.15. The minimum absolute atomic E-state index is 0.311. The highest BCUT2D eigenvalue weighted by Gasteiger charge is 2.04. The minimum atomic E-state index is -0.972. The molecular weight excluding hydrogens is 248 g/mol. The van der Waals surface area contributed by atoms with Gasteiger partial charge in [-0.3, -0.25) is 0 Å². The van der Waals surface area contributed by atoms with Crippen LogP contribution in [0.15, 0.2) is 23.1 Å². The van der Waals surface area contributed by atoms with E-state index in [2.05, 4.69) is 0 Å². The van der Waals surface area contributed by atoms with E-state index < -0.39 is 5.97 Å². The first-order valence-electron chi connectivity index (χ1n) is 4.77. The molecule has 0 aliphatic rings. The molecule has 0 unspecified atom stereocenters. The van der Waals surface area contributed by atoms with Gasteiger partial charge in [-0.25, -0.2) is 4.79 Å². The number of halogens is 1. The fourth-order valence-corrected chi connectivity index (χ4v) is 2.14. The van der Waals surface area contributed by atoms with E-state index in [9.17, 15) is 4.79 Å². The molecule has 0 aromatic heterocycles. The molecule has 16 heavy (non-hydrogen) atoms. The zero-order valence-electron chi connectivity index (χ0n) is 8.90. The van der Waals surface area contributed by atoms with Gasteiger partial charge in [-0.1, -0.05) is 0 Å². The number of thioether (sulfide) groups is 1. The molecule has 0 saturated heterocycles. The first-order chi connectivity index (χ1) is 7.63. The third-order valence-corrected chi connectivity index (χ3v) is 3.25. The first kappa shape index (κ1) is 13.2. The summed E-state index contributed by atoms with van der Waals surface area (Å²) in [5, 5.41) is 8.49. The largest absolute Gasteiger partial charge is 0.482 e. The highest BCUT2D eigenvalue weighted by Crippen LogP contribution is 2.25. The Kier molecular flexibility index (Phi) is 5.49. The molecular formula is C11H13ClO3S. The number of carbonyl (C=O) groups is 1. The van der Waals surface area contributed by atoms with Crippen LogP contribution in [0.2, 0.25) is 0 Å². The third-order valence-electron chi connectivity index (χ3n) is 1.84. The molecule has 0 fully saturated rings. The maximum absolute atomic E-state index is 10.3. The second kappa shape index (κ2) is 6.66. The molecule has 88 valence electrons. The molecule has 1 N–H and O–H groups in total. The summed E-state index contributed by atoms with van der Waals surface area (Å²) >= 11 is 7.26. The normalized spacial score (nSPS) is 10.1. The second-order valence-corrected chi connectivity index (χ2v) is 4.69. The number of aliphatic carboxylic acids is 1. The van der Waals surface area contributed by atoms with E-state index in [1.54, 1.807) is 17.8 Å². The van der Waals surface area contributed by atoms with Crippen molar-refractivity contribution in [2.24, 2.45) is 0 Å². The molecule has 1 aromatic carbocycles. The molecule has 0 heterocycles. The van der Waals surface area contributed by atoms with Gasteiger partial charge in [0, 0.05) is 16.5 Å². The quantitative estimate of drug-likeness (QED) is 0.631. The van der Waals surface area contributed by atoms with Gasteiger partial charge in [-0.2, -0.15) is 0 Å². The average molecular weight is 261 g/mol. The smallest absolute Gasteiger partial charge is 0.341 e. The zero-order chi connectivity index (χ0) is 12.0. The Bertz CT molecular complexity index is 368. The molecule has 0 bridgehead atoms. The lowest BCUT2D eigenvalue weighted by molar-refractivity contribution is -0.139. The van der Waals surface area contributed by atoms with Crippen LogP contribution in [0.3, 0.4) is 0 Å². The van der Waals surface area contributed by atoms with Gasteiger partial charge in [-0.15, -0.1) is 23.4 Å². The number of hydrogen-bond acceptors (Lipinski definition) is 3. The van der Waals surface area contributed by atoms with E-state index in [1.807, 2.05) is 19.1 Å². The van der Waals surface area contributed by atoms with E-state index in [0.29, 0.717) is 11.6 Å². The van der Waals surface area contributed by atoms with Crippen molar-refractivity contribution in [3.8, 4) is 5.75 Å². The van der Waals surface area contributed by atoms with E-state index >= 15 is 0 Å². The van der Waals surface area contributed by atoms with Crippen LogP contribution in [-0.4, -0.2) is 29.3 Å². The Morgan fingerprint density at radius 3 is 2.88 bits per heavy atom. The minimum Gasteiger partial charge on any atom is -0.482 e. The van der Waals surface area contributed by atoms with Gasteiger partial charge in [0.1, 0.15) is 5.75 Å². The molecule has 1 aromatic rings. The summed E-state index contributed by atoms with van der Waals surface area (Å²) in [4.78, 5) is 11.5. The van der Waals surface area contributed by atoms with Crippen molar-refractivity contribution in [1.82, 2.24) is 0 Å². The van der Waals surface area contributed by atoms with Crippen molar-refractivity contribution in [2.45, 2.75) is 11.8 Å². The number of rotatable bonds is 6. The number of carboxylic acids is 1. The molecule has 0 atom stereocenters. The third kappa shape index (κ3) is 4.33. The van der Waals surface area contributed by atoms with Gasteiger partial charge in [0.05, 0.1) is 0 Å². The number of ether oxygens (including phenoxy) is 1. The highest BCUT2D eigenvalue weighted by atomic mass is 35.5. The molecule has 0 aliphatic heterocycles. The zero-order valence-corrected chi connectivity index (χ0v) is 10.5. The Hall–Kier alpha value is -0.870. The van der Waals surface area contributed by atoms with Gasteiger partial charge in [0.25, 0.3) is 0 Å². The summed E-state index contributed by atoms with van der Waals surface area (Å²) in [7, 11) is 0. The molecule has 0 radical (unpaired) electrons. The molecule has 0 aliphatic carbocycles. The Balaban J connectivity index is 2.63. The van der Waals surface area contributed by atoms with E-state index in [0.717, 1.165) is 16.2 Å². The maximum Gasteiger partial charge on any atom is 0.341 e. The van der Waals surface area contributed by atoms with Crippen LogP contribution in [0, 0.1) is 6.92 Å². The number of alkyl halides is 1. The van der Waals surface area contributed by atoms with Crippen molar-refractivity contribution < 1.29 is 14.6 Å². The summed E-state index contributed by atoms with van der Waals surface area (Å²) < 4.78 is 5.12. The van der Waals surface area contributed by atoms with Crippen molar-refractivity contribution >= 4 is 29.3 Å². The Morgan fingerprint density at radius 2 is 2.31 bits per heavy atom. The molecule has 5 heteroatoms. The lowest BCUT2D eigenvalue weighted by Crippen LogP contribution is -2.09. The Morgan fingerprint density at radius 1 is 1.56 bits per heavy atom. The predicted molar refractivity (Wildman–Crippen MR) is 65.8 cm³/mol. The lowest BCUT2D eigenvalue weighted by atomic mass is 10.2.